The summed E-state index contributed by atoms with van der Waals surface area (Å²) < 4.78 is 27.5. The molecule has 0 bridgehead atoms. The van der Waals surface area contributed by atoms with Gasteiger partial charge in [-0.15, -0.1) is 11.8 Å². The molecule has 9 heteroatoms. The van der Waals surface area contributed by atoms with Crippen molar-refractivity contribution in [3.05, 3.63) is 52.5 Å². The lowest BCUT2D eigenvalue weighted by Crippen LogP contribution is -2.15. The predicted molar refractivity (Wildman–Crippen MR) is 93.6 cm³/mol. The van der Waals surface area contributed by atoms with Crippen LogP contribution in [0.25, 0.3) is 0 Å². The van der Waals surface area contributed by atoms with E-state index >= 15 is 0 Å². The van der Waals surface area contributed by atoms with E-state index in [0.717, 1.165) is 11.8 Å². The molecule has 23 heavy (non-hydrogen) atoms. The third kappa shape index (κ3) is 4.54. The van der Waals surface area contributed by atoms with E-state index in [1.54, 1.807) is 24.3 Å². The number of sulfonamides is 1. The average molecular weight is 391 g/mol. The third-order valence-corrected chi connectivity index (χ3v) is 6.14. The van der Waals surface area contributed by atoms with Gasteiger partial charge in [-0.05, 0) is 24.3 Å². The van der Waals surface area contributed by atoms with Gasteiger partial charge in [0, 0.05) is 4.90 Å². The minimum Gasteiger partial charge on any atom is -0.369 e. The number of anilines is 1. The topological polar surface area (TPSA) is 89.3 Å². The molecule has 0 heterocycles. The van der Waals surface area contributed by atoms with E-state index in [2.05, 4.69) is 4.72 Å². The Balaban J connectivity index is 2.34. The SMILES string of the molecule is NC(=O)CSc1ccccc1NS(=O)(=O)c1cccc(Cl)c1Cl. The number of carbonyl (C=O) groups is 1. The van der Waals surface area contributed by atoms with Crippen LogP contribution in [0.5, 0.6) is 0 Å². The summed E-state index contributed by atoms with van der Waals surface area (Å²) >= 11 is 13.0. The fourth-order valence-corrected chi connectivity index (χ4v) is 4.37. The zero-order valence-electron chi connectivity index (χ0n) is 11.6. The first-order valence-electron chi connectivity index (χ1n) is 6.28. The van der Waals surface area contributed by atoms with Gasteiger partial charge >= 0.3 is 0 Å². The molecule has 0 spiro atoms. The normalized spacial score (nSPS) is 11.2. The number of benzene rings is 2. The maximum atomic E-state index is 12.5. The summed E-state index contributed by atoms with van der Waals surface area (Å²) in [6.45, 7) is 0. The highest BCUT2D eigenvalue weighted by Crippen LogP contribution is 2.32. The lowest BCUT2D eigenvalue weighted by Gasteiger charge is -2.13. The molecule has 5 nitrogen and oxygen atoms in total. The van der Waals surface area contributed by atoms with Gasteiger partial charge in [-0.25, -0.2) is 8.42 Å². The molecule has 0 saturated heterocycles. The summed E-state index contributed by atoms with van der Waals surface area (Å²) in [5, 5.41) is 0.0925. The summed E-state index contributed by atoms with van der Waals surface area (Å²) in [5.74, 6) is -0.457. The number of halogens is 2. The van der Waals surface area contributed by atoms with E-state index < -0.39 is 15.9 Å². The Hall–Kier alpha value is -1.41. The molecule has 0 aliphatic carbocycles. The predicted octanol–water partition coefficient (Wildman–Crippen LogP) is 3.37. The van der Waals surface area contributed by atoms with Gasteiger partial charge in [-0.1, -0.05) is 41.4 Å². The van der Waals surface area contributed by atoms with Crippen LogP contribution in [0.1, 0.15) is 0 Å². The molecule has 0 radical (unpaired) electrons. The summed E-state index contributed by atoms with van der Waals surface area (Å²) in [5.41, 5.74) is 5.44. The van der Waals surface area contributed by atoms with Crippen LogP contribution in [0.3, 0.4) is 0 Å². The molecule has 2 rings (SSSR count). The molecule has 0 aliphatic heterocycles. The van der Waals surface area contributed by atoms with Crippen molar-refractivity contribution in [3.8, 4) is 0 Å². The van der Waals surface area contributed by atoms with Crippen molar-refractivity contribution in [2.45, 2.75) is 9.79 Å². The quantitative estimate of drug-likeness (QED) is 0.739. The molecule has 1 amide bonds. The Bertz CT molecular complexity index is 842. The van der Waals surface area contributed by atoms with Crippen LogP contribution in [0.4, 0.5) is 5.69 Å². The number of primary amides is 1. The fraction of sp³-hybridized carbons (Fsp3) is 0.0714. The number of hydrogen-bond acceptors (Lipinski definition) is 4. The second-order valence-corrected chi connectivity index (χ2v) is 7.86. The van der Waals surface area contributed by atoms with Crippen molar-refractivity contribution in [3.63, 3.8) is 0 Å². The van der Waals surface area contributed by atoms with Gasteiger partial charge in [-0.3, -0.25) is 9.52 Å². The summed E-state index contributed by atoms with van der Waals surface area (Å²) in [4.78, 5) is 11.4. The molecular weight excluding hydrogens is 379 g/mol. The van der Waals surface area contributed by atoms with Gasteiger partial charge in [0.1, 0.15) is 4.90 Å². The number of nitrogens with one attached hydrogen (secondary N) is 1. The smallest absolute Gasteiger partial charge is 0.263 e. The standard InChI is InChI=1S/C14H12Cl2N2O3S2/c15-9-4-3-7-12(14(9)16)23(20,21)18-10-5-1-2-6-11(10)22-8-13(17)19/h1-7,18H,8H2,(H2,17,19). The lowest BCUT2D eigenvalue weighted by atomic mass is 10.3. The van der Waals surface area contributed by atoms with Crippen LogP contribution < -0.4 is 10.5 Å². The molecule has 0 aromatic heterocycles. The van der Waals surface area contributed by atoms with Crippen LogP contribution in [0.2, 0.25) is 10.0 Å². The Kier molecular flexibility index (Phi) is 5.80. The fourth-order valence-electron chi connectivity index (χ4n) is 1.72. The minimum atomic E-state index is -3.92. The van der Waals surface area contributed by atoms with Gasteiger partial charge in [0.05, 0.1) is 21.5 Å². The third-order valence-electron chi connectivity index (χ3n) is 2.71. The van der Waals surface area contributed by atoms with Gasteiger partial charge in [0.15, 0.2) is 0 Å². The maximum absolute atomic E-state index is 12.5. The molecule has 0 atom stereocenters. The highest BCUT2D eigenvalue weighted by atomic mass is 35.5. The Morgan fingerprint density at radius 1 is 1.13 bits per heavy atom. The summed E-state index contributed by atoms with van der Waals surface area (Å²) in [6, 6.07) is 11.0. The number of carbonyl (C=O) groups excluding carboxylic acids is 1. The highest BCUT2D eigenvalue weighted by molar-refractivity contribution is 8.00. The van der Waals surface area contributed by atoms with E-state index in [1.165, 1.54) is 18.2 Å². The van der Waals surface area contributed by atoms with Gasteiger partial charge in [-0.2, -0.15) is 0 Å². The second-order valence-electron chi connectivity index (χ2n) is 4.41. The van der Waals surface area contributed by atoms with Gasteiger partial charge in [0.25, 0.3) is 10.0 Å². The largest absolute Gasteiger partial charge is 0.369 e. The zero-order chi connectivity index (χ0) is 17.0. The molecule has 122 valence electrons. The van der Waals surface area contributed by atoms with E-state index in [1.807, 2.05) is 0 Å². The Morgan fingerprint density at radius 3 is 2.52 bits per heavy atom. The second kappa shape index (κ2) is 7.44. The molecular formula is C14H12Cl2N2O3S2. The van der Waals surface area contributed by atoms with E-state index in [0.29, 0.717) is 10.6 Å². The van der Waals surface area contributed by atoms with Crippen molar-refractivity contribution in [1.29, 1.82) is 0 Å². The molecule has 2 aromatic carbocycles. The molecule has 2 aromatic rings. The Labute approximate surface area is 148 Å². The number of rotatable bonds is 6. The maximum Gasteiger partial charge on any atom is 0.263 e. The van der Waals surface area contributed by atoms with Crippen LogP contribution in [0.15, 0.2) is 52.3 Å². The number of amides is 1. The van der Waals surface area contributed by atoms with Crippen LogP contribution in [-0.4, -0.2) is 20.1 Å². The first-order chi connectivity index (χ1) is 10.8. The van der Waals surface area contributed by atoms with Gasteiger partial charge in [0.2, 0.25) is 5.91 Å². The van der Waals surface area contributed by atoms with Crippen LogP contribution in [0, 0.1) is 0 Å². The van der Waals surface area contributed by atoms with Crippen molar-refractivity contribution in [1.82, 2.24) is 0 Å². The lowest BCUT2D eigenvalue weighted by molar-refractivity contribution is -0.115. The monoisotopic (exact) mass is 390 g/mol. The van der Waals surface area contributed by atoms with Gasteiger partial charge < -0.3 is 5.73 Å². The summed E-state index contributed by atoms with van der Waals surface area (Å²) in [7, 11) is -3.92. The van der Waals surface area contributed by atoms with Crippen LogP contribution >= 0.6 is 35.0 Å². The number of hydrogen-bond donors (Lipinski definition) is 2. The molecule has 3 N–H and O–H groups in total. The van der Waals surface area contributed by atoms with E-state index in [-0.39, 0.29) is 20.7 Å². The molecule has 0 unspecified atom stereocenters. The zero-order valence-corrected chi connectivity index (χ0v) is 14.8. The number of thioether (sulfide) groups is 1. The first kappa shape index (κ1) is 17.9. The van der Waals surface area contributed by atoms with Crippen molar-refractivity contribution in [2.24, 2.45) is 5.73 Å². The van der Waals surface area contributed by atoms with Crippen molar-refractivity contribution >= 4 is 56.6 Å². The van der Waals surface area contributed by atoms with Crippen LogP contribution in [-0.2, 0) is 14.8 Å². The first-order valence-corrected chi connectivity index (χ1v) is 9.50. The minimum absolute atomic E-state index is 0.0384. The average Bonchev–Trinajstić information content (AvgIpc) is 2.48. The summed E-state index contributed by atoms with van der Waals surface area (Å²) in [6.07, 6.45) is 0. The van der Waals surface area contributed by atoms with Crippen molar-refractivity contribution in [2.75, 3.05) is 10.5 Å². The number of nitrogens with two attached hydrogens (primary N) is 1. The molecule has 0 saturated carbocycles. The van der Waals surface area contributed by atoms with Crippen molar-refractivity contribution < 1.29 is 13.2 Å². The Morgan fingerprint density at radius 2 is 1.83 bits per heavy atom. The number of para-hydroxylation sites is 1. The van der Waals surface area contributed by atoms with E-state index in [4.69, 9.17) is 28.9 Å². The molecule has 0 aliphatic rings. The molecule has 0 fully saturated rings. The highest BCUT2D eigenvalue weighted by Gasteiger charge is 2.20. The van der Waals surface area contributed by atoms with E-state index in [9.17, 15) is 13.2 Å².